The van der Waals surface area contributed by atoms with Gasteiger partial charge in [0.05, 0.1) is 0 Å². The van der Waals surface area contributed by atoms with Gasteiger partial charge in [-0.05, 0) is 25.5 Å². The van der Waals surface area contributed by atoms with Crippen LogP contribution in [0.4, 0.5) is 4.39 Å². The van der Waals surface area contributed by atoms with Crippen molar-refractivity contribution in [2.75, 3.05) is 6.54 Å². The Bertz CT molecular complexity index is 265. The third-order valence-electron chi connectivity index (χ3n) is 1.91. The molecule has 0 aliphatic heterocycles. The molecule has 72 valence electrons. The molecule has 4 N–H and O–H groups in total. The fourth-order valence-corrected chi connectivity index (χ4v) is 1.17. The number of nitrogens with two attached hydrogens (primary N) is 2. The summed E-state index contributed by atoms with van der Waals surface area (Å²) in [6.07, 6.45) is 2.91. The Morgan fingerprint density at radius 2 is 2.31 bits per heavy atom. The number of aromatic nitrogens is 1. The Hall–Kier alpha value is -1.00. The van der Waals surface area contributed by atoms with Crippen LogP contribution < -0.4 is 11.5 Å². The number of halogens is 1. The van der Waals surface area contributed by atoms with E-state index in [-0.39, 0.29) is 6.04 Å². The van der Waals surface area contributed by atoms with E-state index in [4.69, 9.17) is 11.5 Å². The molecule has 13 heavy (non-hydrogen) atoms. The van der Waals surface area contributed by atoms with Crippen LogP contribution in [0.25, 0.3) is 0 Å². The van der Waals surface area contributed by atoms with Crippen LogP contribution in [-0.4, -0.2) is 11.5 Å². The molecule has 4 heteroatoms. The zero-order valence-electron chi connectivity index (χ0n) is 7.41. The zero-order chi connectivity index (χ0) is 9.68. The molecule has 0 spiro atoms. The second kappa shape index (κ2) is 4.89. The van der Waals surface area contributed by atoms with Gasteiger partial charge in [0.2, 0.25) is 5.95 Å². The molecule has 0 bridgehead atoms. The van der Waals surface area contributed by atoms with Crippen molar-refractivity contribution in [3.8, 4) is 0 Å². The van der Waals surface area contributed by atoms with Crippen LogP contribution in [0.1, 0.15) is 24.4 Å². The summed E-state index contributed by atoms with van der Waals surface area (Å²) in [4.78, 5) is 3.53. The molecule has 1 rings (SSSR count). The van der Waals surface area contributed by atoms with Gasteiger partial charge in [-0.1, -0.05) is 6.07 Å². The third-order valence-corrected chi connectivity index (χ3v) is 1.91. The quantitative estimate of drug-likeness (QED) is 0.683. The second-order valence-electron chi connectivity index (χ2n) is 2.92. The average Bonchev–Trinajstić information content (AvgIpc) is 2.15. The lowest BCUT2D eigenvalue weighted by Crippen LogP contribution is -2.14. The maximum atomic E-state index is 13.0. The Labute approximate surface area is 77.0 Å². The van der Waals surface area contributed by atoms with Crippen molar-refractivity contribution in [1.29, 1.82) is 0 Å². The molecule has 0 aromatic carbocycles. The molecule has 0 fully saturated rings. The van der Waals surface area contributed by atoms with E-state index in [9.17, 15) is 4.39 Å². The summed E-state index contributed by atoms with van der Waals surface area (Å²) >= 11 is 0. The molecule has 0 radical (unpaired) electrons. The molecule has 0 aliphatic rings. The molecule has 0 aliphatic carbocycles. The number of hydrogen-bond donors (Lipinski definition) is 2. The van der Waals surface area contributed by atoms with E-state index in [2.05, 4.69) is 4.98 Å². The molecule has 0 unspecified atom stereocenters. The largest absolute Gasteiger partial charge is 0.330 e. The van der Waals surface area contributed by atoms with Crippen LogP contribution >= 0.6 is 0 Å². The summed E-state index contributed by atoms with van der Waals surface area (Å²) in [5, 5.41) is 0. The molecule has 0 amide bonds. The van der Waals surface area contributed by atoms with E-state index in [1.165, 1.54) is 6.20 Å². The summed E-state index contributed by atoms with van der Waals surface area (Å²) in [5.74, 6) is -0.480. The third kappa shape index (κ3) is 2.75. The monoisotopic (exact) mass is 183 g/mol. The lowest BCUT2D eigenvalue weighted by atomic mass is 10.0. The molecule has 1 aromatic rings. The van der Waals surface area contributed by atoms with Gasteiger partial charge in [0.15, 0.2) is 0 Å². The maximum Gasteiger partial charge on any atom is 0.217 e. The highest BCUT2D eigenvalue weighted by molar-refractivity contribution is 5.14. The molecule has 0 saturated heterocycles. The van der Waals surface area contributed by atoms with Gasteiger partial charge >= 0.3 is 0 Å². The van der Waals surface area contributed by atoms with Crippen LogP contribution in [0.2, 0.25) is 0 Å². The van der Waals surface area contributed by atoms with Gasteiger partial charge in [0.25, 0.3) is 0 Å². The first-order chi connectivity index (χ1) is 6.25. The molecular weight excluding hydrogens is 169 g/mol. The number of rotatable bonds is 4. The number of nitrogens with zero attached hydrogens (tertiary/aromatic N) is 1. The Balaban J connectivity index is 2.65. The van der Waals surface area contributed by atoms with Gasteiger partial charge in [-0.2, -0.15) is 4.39 Å². The zero-order valence-corrected chi connectivity index (χ0v) is 7.41. The fourth-order valence-electron chi connectivity index (χ4n) is 1.17. The summed E-state index contributed by atoms with van der Waals surface area (Å²) < 4.78 is 13.0. The van der Waals surface area contributed by atoms with Crippen LogP contribution in [-0.2, 0) is 0 Å². The van der Waals surface area contributed by atoms with Crippen molar-refractivity contribution in [3.63, 3.8) is 0 Å². The van der Waals surface area contributed by atoms with Crippen LogP contribution in [0, 0.1) is 5.95 Å². The summed E-state index contributed by atoms with van der Waals surface area (Å²) in [6, 6.07) is 3.04. The highest BCUT2D eigenvalue weighted by atomic mass is 19.1. The van der Waals surface area contributed by atoms with Gasteiger partial charge in [-0.25, -0.2) is 4.98 Å². The van der Waals surface area contributed by atoms with E-state index >= 15 is 0 Å². The first-order valence-electron chi connectivity index (χ1n) is 4.31. The SMILES string of the molecule is NCCC[C@H](N)c1cccnc1F. The van der Waals surface area contributed by atoms with Crippen molar-refractivity contribution in [2.24, 2.45) is 11.5 Å². The Morgan fingerprint density at radius 3 is 2.92 bits per heavy atom. The minimum atomic E-state index is -0.480. The van der Waals surface area contributed by atoms with E-state index < -0.39 is 5.95 Å². The topological polar surface area (TPSA) is 64.9 Å². The summed E-state index contributed by atoms with van der Waals surface area (Å²) in [7, 11) is 0. The standard InChI is InChI=1S/C9H14FN3/c10-9-7(3-2-6-13-9)8(12)4-1-5-11/h2-3,6,8H,1,4-5,11-12H2/t8-/m0/s1. The van der Waals surface area contributed by atoms with Crippen LogP contribution in [0.5, 0.6) is 0 Å². The Morgan fingerprint density at radius 1 is 1.54 bits per heavy atom. The molecule has 1 aromatic heterocycles. The molecule has 1 heterocycles. The normalized spacial score (nSPS) is 12.8. The van der Waals surface area contributed by atoms with Gasteiger partial charge in [-0.3, -0.25) is 0 Å². The van der Waals surface area contributed by atoms with Gasteiger partial charge in [0.1, 0.15) is 0 Å². The average molecular weight is 183 g/mol. The lowest BCUT2D eigenvalue weighted by Gasteiger charge is -2.10. The summed E-state index contributed by atoms with van der Waals surface area (Å²) in [5.41, 5.74) is 11.5. The molecule has 0 saturated carbocycles. The summed E-state index contributed by atoms with van der Waals surface area (Å²) in [6.45, 7) is 0.579. The minimum Gasteiger partial charge on any atom is -0.330 e. The highest BCUT2D eigenvalue weighted by Crippen LogP contribution is 2.16. The van der Waals surface area contributed by atoms with E-state index in [0.717, 1.165) is 6.42 Å². The number of pyridine rings is 1. The first kappa shape index (κ1) is 10.1. The van der Waals surface area contributed by atoms with Crippen molar-refractivity contribution < 1.29 is 4.39 Å². The predicted octanol–water partition coefficient (Wildman–Crippen LogP) is 0.959. The fraction of sp³-hybridized carbons (Fsp3) is 0.444. The molecule has 1 atom stereocenters. The Kier molecular flexibility index (Phi) is 3.79. The van der Waals surface area contributed by atoms with E-state index in [1.54, 1.807) is 12.1 Å². The number of hydrogen-bond acceptors (Lipinski definition) is 3. The van der Waals surface area contributed by atoms with E-state index in [0.29, 0.717) is 18.5 Å². The minimum absolute atomic E-state index is 0.294. The second-order valence-corrected chi connectivity index (χ2v) is 2.92. The van der Waals surface area contributed by atoms with E-state index in [1.807, 2.05) is 0 Å². The first-order valence-corrected chi connectivity index (χ1v) is 4.31. The molecular formula is C9H14FN3. The van der Waals surface area contributed by atoms with Gasteiger partial charge in [-0.15, -0.1) is 0 Å². The van der Waals surface area contributed by atoms with Crippen molar-refractivity contribution in [1.82, 2.24) is 4.98 Å². The highest BCUT2D eigenvalue weighted by Gasteiger charge is 2.10. The smallest absolute Gasteiger partial charge is 0.217 e. The van der Waals surface area contributed by atoms with Gasteiger partial charge < -0.3 is 11.5 Å². The van der Waals surface area contributed by atoms with Crippen molar-refractivity contribution >= 4 is 0 Å². The van der Waals surface area contributed by atoms with Crippen LogP contribution in [0.15, 0.2) is 18.3 Å². The van der Waals surface area contributed by atoms with Crippen molar-refractivity contribution in [2.45, 2.75) is 18.9 Å². The van der Waals surface area contributed by atoms with Crippen LogP contribution in [0.3, 0.4) is 0 Å². The lowest BCUT2D eigenvalue weighted by molar-refractivity contribution is 0.526. The van der Waals surface area contributed by atoms with Gasteiger partial charge in [0, 0.05) is 17.8 Å². The predicted molar refractivity (Wildman–Crippen MR) is 49.4 cm³/mol. The van der Waals surface area contributed by atoms with Crippen molar-refractivity contribution in [3.05, 3.63) is 29.8 Å². The maximum absolute atomic E-state index is 13.0. The molecule has 3 nitrogen and oxygen atoms in total.